The van der Waals surface area contributed by atoms with Gasteiger partial charge >= 0.3 is 6.09 Å². The van der Waals surface area contributed by atoms with Gasteiger partial charge in [0.25, 0.3) is 0 Å². The molecule has 3 heterocycles. The number of hydrogen-bond donors (Lipinski definition) is 3. The van der Waals surface area contributed by atoms with Crippen molar-refractivity contribution in [1.29, 1.82) is 0 Å². The molecular formula is C21H35N5O3. The third-order valence-corrected chi connectivity index (χ3v) is 6.31. The number of hydrogen-bond acceptors (Lipinski definition) is 4. The molecule has 8 nitrogen and oxygen atoms in total. The number of nitrogens with zero attached hydrogens (tertiary/aromatic N) is 3. The number of aromatic nitrogens is 2. The van der Waals surface area contributed by atoms with E-state index in [4.69, 9.17) is 0 Å². The topological polar surface area (TPSA) is 99.5 Å². The third-order valence-electron chi connectivity index (χ3n) is 6.31. The molecule has 1 aromatic rings. The van der Waals surface area contributed by atoms with Gasteiger partial charge in [-0.1, -0.05) is 13.3 Å². The van der Waals surface area contributed by atoms with Gasteiger partial charge in [0.2, 0.25) is 5.91 Å². The second kappa shape index (κ2) is 8.34. The highest BCUT2D eigenvalue weighted by Gasteiger charge is 2.40. The van der Waals surface area contributed by atoms with E-state index in [-0.39, 0.29) is 30.0 Å². The molecule has 2 aliphatic heterocycles. The quantitative estimate of drug-likeness (QED) is 0.664. The summed E-state index contributed by atoms with van der Waals surface area (Å²) >= 11 is 0. The van der Waals surface area contributed by atoms with Crippen LogP contribution < -0.4 is 10.6 Å². The Hall–Kier alpha value is -2.09. The van der Waals surface area contributed by atoms with E-state index in [2.05, 4.69) is 15.7 Å². The van der Waals surface area contributed by atoms with Gasteiger partial charge in [0, 0.05) is 24.5 Å². The van der Waals surface area contributed by atoms with Crippen LogP contribution in [0.1, 0.15) is 78.0 Å². The van der Waals surface area contributed by atoms with Crippen molar-refractivity contribution in [2.45, 2.75) is 89.9 Å². The molecule has 2 aliphatic rings. The molecular weight excluding hydrogens is 370 g/mol. The van der Waals surface area contributed by atoms with Crippen LogP contribution in [0, 0.1) is 5.92 Å². The van der Waals surface area contributed by atoms with Gasteiger partial charge in [0.15, 0.2) is 0 Å². The number of rotatable bonds is 1. The highest BCUT2D eigenvalue weighted by Crippen LogP contribution is 2.35. The zero-order valence-electron chi connectivity index (χ0n) is 18.2. The Morgan fingerprint density at radius 2 is 1.93 bits per heavy atom. The summed E-state index contributed by atoms with van der Waals surface area (Å²) in [5.74, 6) is -0.140. The van der Waals surface area contributed by atoms with Crippen molar-refractivity contribution in [3.8, 4) is 0 Å². The second-order valence-electron chi connectivity index (χ2n) is 9.54. The van der Waals surface area contributed by atoms with Crippen LogP contribution in [0.3, 0.4) is 0 Å². The predicted octanol–water partition coefficient (Wildman–Crippen LogP) is 3.51. The van der Waals surface area contributed by atoms with Crippen molar-refractivity contribution >= 4 is 17.7 Å². The molecule has 0 aromatic carbocycles. The summed E-state index contributed by atoms with van der Waals surface area (Å²) < 4.78 is 1.82. The minimum Gasteiger partial charge on any atom is -0.465 e. The molecule has 8 heteroatoms. The number of carbonyl (C=O) groups is 2. The monoisotopic (exact) mass is 405 g/mol. The molecule has 0 saturated carbocycles. The number of nitrogens with one attached hydrogen (secondary N) is 2. The maximum atomic E-state index is 12.7. The van der Waals surface area contributed by atoms with Crippen LogP contribution in [0.25, 0.3) is 0 Å². The minimum absolute atomic E-state index is 0.00496. The number of amides is 2. The van der Waals surface area contributed by atoms with Gasteiger partial charge in [-0.25, -0.2) is 4.79 Å². The zero-order chi connectivity index (χ0) is 21.3. The van der Waals surface area contributed by atoms with Gasteiger partial charge in [-0.3, -0.25) is 14.4 Å². The van der Waals surface area contributed by atoms with E-state index in [1.165, 1.54) is 0 Å². The normalized spacial score (nSPS) is 28.5. The van der Waals surface area contributed by atoms with Crippen molar-refractivity contribution in [3.63, 3.8) is 0 Å². The fourth-order valence-electron chi connectivity index (χ4n) is 4.90. The lowest BCUT2D eigenvalue weighted by Crippen LogP contribution is -2.59. The summed E-state index contributed by atoms with van der Waals surface area (Å²) in [6.45, 7) is 7.79. The Labute approximate surface area is 173 Å². The molecule has 1 aromatic heterocycles. The maximum Gasteiger partial charge on any atom is 0.408 e. The first-order valence-corrected chi connectivity index (χ1v) is 10.7. The molecule has 3 N–H and O–H groups in total. The van der Waals surface area contributed by atoms with Crippen molar-refractivity contribution in [3.05, 3.63) is 11.9 Å². The second-order valence-corrected chi connectivity index (χ2v) is 9.54. The van der Waals surface area contributed by atoms with Crippen molar-refractivity contribution in [2.24, 2.45) is 13.0 Å². The highest BCUT2D eigenvalue weighted by molar-refractivity contribution is 5.92. The van der Waals surface area contributed by atoms with E-state index >= 15 is 0 Å². The van der Waals surface area contributed by atoms with E-state index < -0.39 is 11.6 Å². The fraction of sp³-hybridized carbons (Fsp3) is 0.762. The molecule has 1 fully saturated rings. The van der Waals surface area contributed by atoms with Gasteiger partial charge in [0.05, 0.1) is 29.7 Å². The smallest absolute Gasteiger partial charge is 0.408 e. The van der Waals surface area contributed by atoms with Crippen LogP contribution in [-0.2, 0) is 11.8 Å². The summed E-state index contributed by atoms with van der Waals surface area (Å²) in [6.07, 6.45) is 5.99. The first kappa shape index (κ1) is 21.6. The van der Waals surface area contributed by atoms with Crippen LogP contribution in [0.15, 0.2) is 6.20 Å². The summed E-state index contributed by atoms with van der Waals surface area (Å²) in [7, 11) is 1.89. The van der Waals surface area contributed by atoms with Gasteiger partial charge in [-0.05, 0) is 52.9 Å². The summed E-state index contributed by atoms with van der Waals surface area (Å²) in [6, 6.07) is -0.0386. The van der Waals surface area contributed by atoms with Crippen molar-refractivity contribution in [1.82, 2.24) is 20.0 Å². The Bertz CT molecular complexity index is 754. The molecule has 0 spiro atoms. The number of carbonyl (C=O) groups excluding carboxylic acids is 1. The van der Waals surface area contributed by atoms with Gasteiger partial charge in [-0.2, -0.15) is 5.10 Å². The Balaban J connectivity index is 2.00. The van der Waals surface area contributed by atoms with Crippen molar-refractivity contribution < 1.29 is 14.7 Å². The van der Waals surface area contributed by atoms with Gasteiger partial charge < -0.3 is 15.7 Å². The van der Waals surface area contributed by atoms with Crippen LogP contribution >= 0.6 is 0 Å². The average molecular weight is 406 g/mol. The van der Waals surface area contributed by atoms with Gasteiger partial charge in [-0.15, -0.1) is 0 Å². The summed E-state index contributed by atoms with van der Waals surface area (Å²) in [5, 5.41) is 21.2. The number of aryl methyl sites for hydroxylation is 1. The van der Waals surface area contributed by atoms with Gasteiger partial charge in [0.1, 0.15) is 0 Å². The van der Waals surface area contributed by atoms with Crippen molar-refractivity contribution in [2.75, 3.05) is 5.32 Å². The van der Waals surface area contributed by atoms with Crippen LogP contribution in [0.2, 0.25) is 0 Å². The summed E-state index contributed by atoms with van der Waals surface area (Å²) in [4.78, 5) is 26.5. The lowest BCUT2D eigenvalue weighted by molar-refractivity contribution is -0.119. The molecule has 1 saturated heterocycles. The summed E-state index contributed by atoms with van der Waals surface area (Å²) in [5.41, 5.74) is 1.22. The Kier molecular flexibility index (Phi) is 6.22. The molecule has 2 amide bonds. The van der Waals surface area contributed by atoms with Crippen LogP contribution in [-0.4, -0.2) is 49.4 Å². The standard InChI is InChI=1S/C21H35N5O3/c1-13-8-6-11-17(26(20(28)29)21(2,3)4)14-9-7-10-15(23-14)18-16(24-19(13)27)12-22-25(18)5/h12-15,17,23H,6-11H2,1-5H3,(H,24,27)(H,28,29)/t13-,14?,15?,17+/m1/s1. The number of fused-ring (bicyclic) bond motifs is 4. The minimum atomic E-state index is -0.884. The third kappa shape index (κ3) is 4.57. The van der Waals surface area contributed by atoms with E-state index in [0.717, 1.165) is 49.9 Å². The molecule has 4 atom stereocenters. The van der Waals surface area contributed by atoms with E-state index in [9.17, 15) is 14.7 Å². The fourth-order valence-corrected chi connectivity index (χ4v) is 4.90. The molecule has 0 aliphatic carbocycles. The van der Waals surface area contributed by atoms with Crippen LogP contribution in [0.4, 0.5) is 10.5 Å². The molecule has 29 heavy (non-hydrogen) atoms. The lowest BCUT2D eigenvalue weighted by Gasteiger charge is -2.46. The van der Waals surface area contributed by atoms with E-state index in [0.29, 0.717) is 0 Å². The number of carboxylic acid groups (broad SMARTS) is 1. The van der Waals surface area contributed by atoms with E-state index in [1.807, 2.05) is 39.4 Å². The maximum absolute atomic E-state index is 12.7. The molecule has 3 rings (SSSR count). The first-order valence-electron chi connectivity index (χ1n) is 10.7. The Morgan fingerprint density at radius 3 is 2.59 bits per heavy atom. The zero-order valence-corrected chi connectivity index (χ0v) is 18.2. The Morgan fingerprint density at radius 1 is 1.24 bits per heavy atom. The molecule has 2 bridgehead atoms. The first-order chi connectivity index (χ1) is 13.6. The number of anilines is 1. The number of piperidine rings is 1. The predicted molar refractivity (Wildman–Crippen MR) is 112 cm³/mol. The SMILES string of the molecule is C[C@@H]1CCC[C@H](N(C(=O)O)C(C)(C)C)C2CCCC(N2)c2c(cnn2C)NC1=O. The lowest BCUT2D eigenvalue weighted by atomic mass is 9.86. The average Bonchev–Trinajstić information content (AvgIpc) is 2.98. The van der Waals surface area contributed by atoms with Crippen LogP contribution in [0.5, 0.6) is 0 Å². The molecule has 0 radical (unpaired) electrons. The van der Waals surface area contributed by atoms with E-state index in [1.54, 1.807) is 11.1 Å². The molecule has 2 unspecified atom stereocenters. The molecule has 162 valence electrons. The highest BCUT2D eigenvalue weighted by atomic mass is 16.4. The largest absolute Gasteiger partial charge is 0.465 e.